The number of hydrogen-bond donors (Lipinski definition) is 2. The van der Waals surface area contributed by atoms with E-state index < -0.39 is 0 Å². The molecule has 0 atom stereocenters. The fourth-order valence-electron chi connectivity index (χ4n) is 3.75. The van der Waals surface area contributed by atoms with Crippen molar-refractivity contribution in [2.45, 2.75) is 51.7 Å². The summed E-state index contributed by atoms with van der Waals surface area (Å²) in [5.74, 6) is 0.693. The van der Waals surface area contributed by atoms with Crippen LogP contribution in [-0.2, 0) is 24.3 Å². The van der Waals surface area contributed by atoms with Crippen LogP contribution >= 0.6 is 0 Å². The minimum atomic E-state index is -0.0785. The van der Waals surface area contributed by atoms with Gasteiger partial charge in [-0.25, -0.2) is 0 Å². The fourth-order valence-corrected chi connectivity index (χ4v) is 3.75. The molecule has 2 N–H and O–H groups in total. The van der Waals surface area contributed by atoms with Crippen molar-refractivity contribution in [1.82, 2.24) is 10.2 Å². The van der Waals surface area contributed by atoms with E-state index in [1.807, 2.05) is 53.4 Å². The molecule has 0 aliphatic heterocycles. The van der Waals surface area contributed by atoms with Crippen molar-refractivity contribution in [3.8, 4) is 0 Å². The van der Waals surface area contributed by atoms with E-state index in [4.69, 9.17) is 4.42 Å². The number of hydrogen-bond acceptors (Lipinski definition) is 4. The predicted octanol–water partition coefficient (Wildman–Crippen LogP) is 4.77. The lowest BCUT2D eigenvalue weighted by atomic mass is 10.1. The van der Waals surface area contributed by atoms with Gasteiger partial charge in [-0.3, -0.25) is 14.5 Å². The van der Waals surface area contributed by atoms with E-state index >= 15 is 0 Å². The van der Waals surface area contributed by atoms with Crippen LogP contribution in [0.25, 0.3) is 0 Å². The van der Waals surface area contributed by atoms with Crippen LogP contribution in [0.5, 0.6) is 0 Å². The van der Waals surface area contributed by atoms with E-state index in [2.05, 4.69) is 29.7 Å². The zero-order valence-corrected chi connectivity index (χ0v) is 19.0. The van der Waals surface area contributed by atoms with Gasteiger partial charge in [0.1, 0.15) is 5.76 Å². The van der Waals surface area contributed by atoms with Gasteiger partial charge in [0.15, 0.2) is 0 Å². The number of aryl methyl sites for hydroxylation is 1. The first-order chi connectivity index (χ1) is 16.1. The van der Waals surface area contributed by atoms with Gasteiger partial charge >= 0.3 is 0 Å². The quantitative estimate of drug-likeness (QED) is 0.446. The molecule has 0 saturated heterocycles. The van der Waals surface area contributed by atoms with Crippen molar-refractivity contribution in [2.75, 3.05) is 11.9 Å². The van der Waals surface area contributed by atoms with Crippen LogP contribution in [0.4, 0.5) is 5.69 Å². The molecule has 0 unspecified atom stereocenters. The summed E-state index contributed by atoms with van der Waals surface area (Å²) in [7, 11) is 0. The molecule has 6 heteroatoms. The molecule has 6 nitrogen and oxygen atoms in total. The number of benzene rings is 2. The van der Waals surface area contributed by atoms with Gasteiger partial charge in [0, 0.05) is 23.8 Å². The Hall–Kier alpha value is -3.38. The van der Waals surface area contributed by atoms with Gasteiger partial charge in [-0.2, -0.15) is 0 Å². The summed E-state index contributed by atoms with van der Waals surface area (Å²) in [6.45, 7) is 3.45. The van der Waals surface area contributed by atoms with Gasteiger partial charge in [-0.1, -0.05) is 37.6 Å². The Morgan fingerprint density at radius 2 is 1.70 bits per heavy atom. The van der Waals surface area contributed by atoms with Crippen molar-refractivity contribution in [3.63, 3.8) is 0 Å². The van der Waals surface area contributed by atoms with E-state index in [1.165, 1.54) is 5.56 Å². The Bertz CT molecular complexity index is 1040. The minimum absolute atomic E-state index is 0.0270. The number of anilines is 1. The number of nitrogens with one attached hydrogen (secondary N) is 2. The summed E-state index contributed by atoms with van der Waals surface area (Å²) < 4.78 is 5.50. The van der Waals surface area contributed by atoms with Crippen LogP contribution in [0.2, 0.25) is 0 Å². The summed E-state index contributed by atoms with van der Waals surface area (Å²) in [4.78, 5) is 27.0. The van der Waals surface area contributed by atoms with Crippen molar-refractivity contribution >= 4 is 17.5 Å². The van der Waals surface area contributed by atoms with Gasteiger partial charge in [-0.05, 0) is 66.8 Å². The molecule has 1 heterocycles. The second-order valence-electron chi connectivity index (χ2n) is 8.66. The maximum absolute atomic E-state index is 12.8. The number of furan rings is 1. The fraction of sp³-hybridized carbons (Fsp3) is 0.333. The van der Waals surface area contributed by atoms with E-state index in [0.717, 1.165) is 42.7 Å². The third-order valence-electron chi connectivity index (χ3n) is 5.64. The third kappa shape index (κ3) is 7.05. The molecule has 1 aliphatic rings. The van der Waals surface area contributed by atoms with E-state index in [-0.39, 0.29) is 18.4 Å². The van der Waals surface area contributed by atoms with E-state index in [9.17, 15) is 9.59 Å². The Labute approximate surface area is 195 Å². The molecule has 1 aliphatic carbocycles. The van der Waals surface area contributed by atoms with Crippen molar-refractivity contribution in [3.05, 3.63) is 89.4 Å². The van der Waals surface area contributed by atoms with Crippen LogP contribution in [0.3, 0.4) is 0 Å². The lowest BCUT2D eigenvalue weighted by molar-refractivity contribution is -0.117. The monoisotopic (exact) mass is 445 g/mol. The smallest absolute Gasteiger partial charge is 0.251 e. The molecule has 4 rings (SSSR count). The van der Waals surface area contributed by atoms with Crippen LogP contribution in [-0.4, -0.2) is 29.3 Å². The lowest BCUT2D eigenvalue weighted by Crippen LogP contribution is -2.32. The van der Waals surface area contributed by atoms with Crippen LogP contribution in [0.15, 0.2) is 71.3 Å². The van der Waals surface area contributed by atoms with Gasteiger partial charge < -0.3 is 15.1 Å². The third-order valence-corrected chi connectivity index (χ3v) is 5.64. The van der Waals surface area contributed by atoms with Crippen molar-refractivity contribution < 1.29 is 14.0 Å². The number of nitrogens with zero attached hydrogens (tertiary/aromatic N) is 1. The first-order valence-electron chi connectivity index (χ1n) is 11.6. The Balaban J connectivity index is 1.38. The number of carbonyl (C=O) groups excluding carboxylic acids is 2. The number of amides is 2. The average molecular weight is 446 g/mol. The minimum Gasteiger partial charge on any atom is -0.468 e. The highest BCUT2D eigenvalue weighted by Gasteiger charge is 2.23. The lowest BCUT2D eigenvalue weighted by Gasteiger charge is -2.21. The second-order valence-corrected chi connectivity index (χ2v) is 8.66. The van der Waals surface area contributed by atoms with Crippen molar-refractivity contribution in [1.29, 1.82) is 0 Å². The van der Waals surface area contributed by atoms with Crippen LogP contribution < -0.4 is 10.6 Å². The maximum atomic E-state index is 12.8. The summed E-state index contributed by atoms with van der Waals surface area (Å²) in [5.41, 5.74) is 3.75. The molecule has 2 aromatic carbocycles. The zero-order valence-electron chi connectivity index (χ0n) is 19.0. The summed E-state index contributed by atoms with van der Waals surface area (Å²) >= 11 is 0. The maximum Gasteiger partial charge on any atom is 0.251 e. The first-order valence-corrected chi connectivity index (χ1v) is 11.6. The van der Waals surface area contributed by atoms with Gasteiger partial charge in [0.25, 0.3) is 5.91 Å². The molecule has 1 aromatic heterocycles. The largest absolute Gasteiger partial charge is 0.468 e. The van der Waals surface area contributed by atoms with E-state index in [0.29, 0.717) is 24.7 Å². The van der Waals surface area contributed by atoms with E-state index in [1.54, 1.807) is 6.26 Å². The van der Waals surface area contributed by atoms with Crippen LogP contribution in [0.1, 0.15) is 53.4 Å². The highest BCUT2D eigenvalue weighted by molar-refractivity contribution is 5.94. The highest BCUT2D eigenvalue weighted by Crippen LogP contribution is 2.20. The van der Waals surface area contributed by atoms with Gasteiger partial charge in [0.05, 0.1) is 19.4 Å². The Kier molecular flexibility index (Phi) is 7.58. The normalized spacial score (nSPS) is 13.2. The van der Waals surface area contributed by atoms with Gasteiger partial charge in [0.2, 0.25) is 5.91 Å². The first kappa shape index (κ1) is 22.8. The molecule has 172 valence electrons. The number of rotatable bonds is 11. The molecular weight excluding hydrogens is 414 g/mol. The molecule has 0 bridgehead atoms. The molecule has 0 radical (unpaired) electrons. The standard InChI is InChI=1S/C27H31N3O3/c1-2-4-20-8-12-23(13-9-20)28-26(31)19-30(18-25-5-3-16-33-25)17-21-6-10-22(11-7-21)27(32)29-24-14-15-24/h3,5-13,16,24H,2,4,14-15,17-19H2,1H3,(H,28,31)(H,29,32). The molecular formula is C27H31N3O3. The topological polar surface area (TPSA) is 74.6 Å². The summed E-state index contributed by atoms with van der Waals surface area (Å²) in [6, 6.07) is 19.7. The molecule has 2 amide bonds. The highest BCUT2D eigenvalue weighted by atomic mass is 16.3. The number of carbonyl (C=O) groups is 2. The Morgan fingerprint density at radius 3 is 2.33 bits per heavy atom. The molecule has 33 heavy (non-hydrogen) atoms. The summed E-state index contributed by atoms with van der Waals surface area (Å²) in [6.07, 6.45) is 5.90. The zero-order chi connectivity index (χ0) is 23.0. The Morgan fingerprint density at radius 1 is 0.970 bits per heavy atom. The molecule has 1 fully saturated rings. The second kappa shape index (κ2) is 11.0. The average Bonchev–Trinajstić information content (AvgIpc) is 3.47. The molecule has 0 spiro atoms. The summed E-state index contributed by atoms with van der Waals surface area (Å²) in [5, 5.41) is 6.00. The van der Waals surface area contributed by atoms with Crippen LogP contribution in [0, 0.1) is 0 Å². The van der Waals surface area contributed by atoms with Crippen molar-refractivity contribution in [2.24, 2.45) is 0 Å². The SMILES string of the molecule is CCCc1ccc(NC(=O)CN(Cc2ccc(C(=O)NC3CC3)cc2)Cc2ccco2)cc1. The molecule has 1 saturated carbocycles. The van der Waals surface area contributed by atoms with Gasteiger partial charge in [-0.15, -0.1) is 0 Å². The predicted molar refractivity (Wildman–Crippen MR) is 129 cm³/mol. The molecule has 3 aromatic rings.